The van der Waals surface area contributed by atoms with Crippen molar-refractivity contribution < 1.29 is 23.5 Å². The fraction of sp³-hybridized carbons (Fsp3) is 0.0556. The third-order valence-electron chi connectivity index (χ3n) is 3.63. The maximum atomic E-state index is 12.5. The summed E-state index contributed by atoms with van der Waals surface area (Å²) in [6.07, 6.45) is 2.02. The van der Waals surface area contributed by atoms with E-state index in [0.717, 1.165) is 12.4 Å². The Morgan fingerprint density at radius 1 is 1.04 bits per heavy atom. The number of aromatic nitrogens is 2. The fourth-order valence-electron chi connectivity index (χ4n) is 2.37. The van der Waals surface area contributed by atoms with Crippen LogP contribution in [0.4, 0.5) is 14.5 Å². The first-order valence-corrected chi connectivity index (χ1v) is 7.51. The van der Waals surface area contributed by atoms with Gasteiger partial charge in [-0.05, 0) is 35.4 Å². The highest BCUT2D eigenvalue weighted by atomic mass is 19.3. The molecule has 8 heteroatoms. The summed E-state index contributed by atoms with van der Waals surface area (Å²) < 4.78 is 25.4. The Balaban J connectivity index is 1.82. The van der Waals surface area contributed by atoms with Crippen molar-refractivity contribution in [3.05, 3.63) is 72.1 Å². The lowest BCUT2D eigenvalue weighted by Gasteiger charge is -2.07. The lowest BCUT2D eigenvalue weighted by molar-refractivity contribution is 0.0565. The molecule has 1 aromatic heterocycles. The maximum Gasteiger partial charge on any atom is 0.335 e. The van der Waals surface area contributed by atoms with Crippen LogP contribution in [0, 0.1) is 0 Å². The Morgan fingerprint density at radius 2 is 1.73 bits per heavy atom. The number of hydrogen-bond acceptors (Lipinski definition) is 3. The first kappa shape index (κ1) is 17.3. The van der Waals surface area contributed by atoms with Crippen LogP contribution in [-0.2, 0) is 0 Å². The van der Waals surface area contributed by atoms with E-state index in [1.807, 2.05) is 0 Å². The number of alkyl halides is 2. The molecular formula is C18H13F2N3O3. The van der Waals surface area contributed by atoms with Crippen LogP contribution in [0.2, 0.25) is 0 Å². The molecule has 0 aliphatic heterocycles. The average Bonchev–Trinajstić information content (AvgIpc) is 3.13. The quantitative estimate of drug-likeness (QED) is 0.725. The van der Waals surface area contributed by atoms with Gasteiger partial charge in [-0.15, -0.1) is 0 Å². The highest BCUT2D eigenvalue weighted by Gasteiger charge is 2.13. The summed E-state index contributed by atoms with van der Waals surface area (Å²) >= 11 is 0. The topological polar surface area (TPSA) is 84.2 Å². The number of carbonyl (C=O) groups is 2. The Hall–Kier alpha value is -3.55. The van der Waals surface area contributed by atoms with Crippen molar-refractivity contribution in [2.24, 2.45) is 0 Å². The monoisotopic (exact) mass is 357 g/mol. The zero-order valence-corrected chi connectivity index (χ0v) is 13.3. The van der Waals surface area contributed by atoms with E-state index in [2.05, 4.69) is 10.4 Å². The molecule has 0 aliphatic rings. The number of carboxylic acid groups (broad SMARTS) is 1. The van der Waals surface area contributed by atoms with Crippen LogP contribution in [0.15, 0.2) is 60.9 Å². The van der Waals surface area contributed by atoms with Crippen molar-refractivity contribution in [3.8, 4) is 11.1 Å². The molecule has 1 amide bonds. The zero-order valence-electron chi connectivity index (χ0n) is 13.3. The summed E-state index contributed by atoms with van der Waals surface area (Å²) in [4.78, 5) is 23.2. The molecule has 0 fully saturated rings. The second-order valence-electron chi connectivity index (χ2n) is 5.41. The van der Waals surface area contributed by atoms with Crippen LogP contribution in [0.25, 0.3) is 11.1 Å². The lowest BCUT2D eigenvalue weighted by Crippen LogP contribution is -2.11. The van der Waals surface area contributed by atoms with E-state index in [1.165, 1.54) is 12.1 Å². The van der Waals surface area contributed by atoms with Crippen LogP contribution in [-0.4, -0.2) is 26.8 Å². The van der Waals surface area contributed by atoms with E-state index in [-0.39, 0.29) is 11.1 Å². The largest absolute Gasteiger partial charge is 0.478 e. The van der Waals surface area contributed by atoms with Gasteiger partial charge in [0.1, 0.15) is 0 Å². The minimum Gasteiger partial charge on any atom is -0.478 e. The van der Waals surface area contributed by atoms with Gasteiger partial charge in [-0.3, -0.25) is 4.79 Å². The minimum atomic E-state index is -2.82. The molecule has 3 rings (SSSR count). The molecule has 2 aromatic carbocycles. The van der Waals surface area contributed by atoms with Gasteiger partial charge in [0.25, 0.3) is 5.91 Å². The number of hydrogen-bond donors (Lipinski definition) is 2. The van der Waals surface area contributed by atoms with Crippen LogP contribution < -0.4 is 5.32 Å². The number of rotatable bonds is 5. The van der Waals surface area contributed by atoms with Gasteiger partial charge in [-0.2, -0.15) is 13.9 Å². The van der Waals surface area contributed by atoms with Crippen LogP contribution in [0.1, 0.15) is 27.3 Å². The molecule has 3 aromatic rings. The smallest absolute Gasteiger partial charge is 0.335 e. The standard InChI is InChI=1S/C18H13F2N3O3/c19-18(20)23-10-14(9-21-23)16(24)22-15-6-2-4-12(8-15)11-3-1-5-13(7-11)17(25)26/h1-10,18H,(H,22,24)(H,25,26). The molecule has 0 atom stereocenters. The third-order valence-corrected chi connectivity index (χ3v) is 3.63. The molecule has 0 aliphatic carbocycles. The Labute approximate surface area is 146 Å². The SMILES string of the molecule is O=C(O)c1cccc(-c2cccc(NC(=O)c3cnn(C(F)F)c3)c2)c1. The number of anilines is 1. The number of benzene rings is 2. The number of aromatic carboxylic acids is 1. The summed E-state index contributed by atoms with van der Waals surface area (Å²) in [6.45, 7) is -2.82. The molecule has 0 bridgehead atoms. The predicted molar refractivity (Wildman–Crippen MR) is 90.3 cm³/mol. The van der Waals surface area contributed by atoms with Gasteiger partial charge in [0.15, 0.2) is 0 Å². The van der Waals surface area contributed by atoms with E-state index in [0.29, 0.717) is 21.5 Å². The molecular weight excluding hydrogens is 344 g/mol. The van der Waals surface area contributed by atoms with Crippen molar-refractivity contribution in [1.82, 2.24) is 9.78 Å². The van der Waals surface area contributed by atoms with Crippen molar-refractivity contribution >= 4 is 17.6 Å². The number of carbonyl (C=O) groups excluding carboxylic acids is 1. The molecule has 132 valence electrons. The van der Waals surface area contributed by atoms with E-state index in [9.17, 15) is 18.4 Å². The predicted octanol–water partition coefficient (Wildman–Crippen LogP) is 3.90. The number of nitrogens with zero attached hydrogens (tertiary/aromatic N) is 2. The van der Waals surface area contributed by atoms with Crippen molar-refractivity contribution in [2.75, 3.05) is 5.32 Å². The van der Waals surface area contributed by atoms with E-state index < -0.39 is 18.4 Å². The average molecular weight is 357 g/mol. The molecule has 2 N–H and O–H groups in total. The number of carboxylic acids is 1. The molecule has 6 nitrogen and oxygen atoms in total. The molecule has 0 saturated heterocycles. The van der Waals surface area contributed by atoms with Gasteiger partial charge < -0.3 is 10.4 Å². The third kappa shape index (κ3) is 3.75. The maximum absolute atomic E-state index is 12.5. The number of amides is 1. The van der Waals surface area contributed by atoms with Gasteiger partial charge >= 0.3 is 12.5 Å². The van der Waals surface area contributed by atoms with Gasteiger partial charge in [0.2, 0.25) is 0 Å². The van der Waals surface area contributed by atoms with Crippen molar-refractivity contribution in [3.63, 3.8) is 0 Å². The molecule has 0 saturated carbocycles. The van der Waals surface area contributed by atoms with Gasteiger partial charge in [0.05, 0.1) is 17.3 Å². The summed E-state index contributed by atoms with van der Waals surface area (Å²) in [5.41, 5.74) is 1.97. The molecule has 0 radical (unpaired) electrons. The molecule has 1 heterocycles. The van der Waals surface area contributed by atoms with E-state index in [4.69, 9.17) is 5.11 Å². The Morgan fingerprint density at radius 3 is 2.38 bits per heavy atom. The summed E-state index contributed by atoms with van der Waals surface area (Å²) in [5, 5.41) is 15.1. The van der Waals surface area contributed by atoms with Crippen LogP contribution in [0.3, 0.4) is 0 Å². The van der Waals surface area contributed by atoms with Gasteiger partial charge in [-0.25, -0.2) is 9.48 Å². The van der Waals surface area contributed by atoms with E-state index in [1.54, 1.807) is 36.4 Å². The Bertz CT molecular complexity index is 970. The van der Waals surface area contributed by atoms with E-state index >= 15 is 0 Å². The second-order valence-corrected chi connectivity index (χ2v) is 5.41. The first-order chi connectivity index (χ1) is 12.4. The normalized spacial score (nSPS) is 10.7. The highest BCUT2D eigenvalue weighted by Crippen LogP contribution is 2.24. The minimum absolute atomic E-state index is 0.00331. The Kier molecular flexibility index (Phi) is 4.74. The van der Waals surface area contributed by atoms with Crippen molar-refractivity contribution in [2.45, 2.75) is 6.55 Å². The highest BCUT2D eigenvalue weighted by molar-refractivity contribution is 6.04. The molecule has 26 heavy (non-hydrogen) atoms. The lowest BCUT2D eigenvalue weighted by atomic mass is 10.0. The van der Waals surface area contributed by atoms with Crippen LogP contribution >= 0.6 is 0 Å². The first-order valence-electron chi connectivity index (χ1n) is 7.51. The summed E-state index contributed by atoms with van der Waals surface area (Å²) in [5.74, 6) is -1.61. The zero-order chi connectivity index (χ0) is 18.7. The van der Waals surface area contributed by atoms with Crippen LogP contribution in [0.5, 0.6) is 0 Å². The number of halogens is 2. The fourth-order valence-corrected chi connectivity index (χ4v) is 2.37. The van der Waals surface area contributed by atoms with Gasteiger partial charge in [0, 0.05) is 11.9 Å². The summed E-state index contributed by atoms with van der Waals surface area (Å²) in [6, 6.07) is 13.2. The molecule has 0 spiro atoms. The second kappa shape index (κ2) is 7.14. The summed E-state index contributed by atoms with van der Waals surface area (Å²) in [7, 11) is 0. The van der Waals surface area contributed by atoms with Crippen molar-refractivity contribution in [1.29, 1.82) is 0 Å². The van der Waals surface area contributed by atoms with Gasteiger partial charge in [-0.1, -0.05) is 24.3 Å². The number of nitrogens with one attached hydrogen (secondary N) is 1. The molecule has 0 unspecified atom stereocenters.